The minimum absolute atomic E-state index is 0.0206. The average molecular weight is 494 g/mol. The molecule has 2 fully saturated rings. The van der Waals surface area contributed by atoms with E-state index in [1.165, 1.54) is 16.4 Å². The highest BCUT2D eigenvalue weighted by Crippen LogP contribution is 2.30. The van der Waals surface area contributed by atoms with Gasteiger partial charge in [0.25, 0.3) is 0 Å². The summed E-state index contributed by atoms with van der Waals surface area (Å²) < 4.78 is 40.5. The Morgan fingerprint density at radius 1 is 1.06 bits per heavy atom. The van der Waals surface area contributed by atoms with Gasteiger partial charge in [0.2, 0.25) is 15.9 Å². The maximum atomic E-state index is 13.2. The van der Waals surface area contributed by atoms with E-state index in [4.69, 9.17) is 11.6 Å². The van der Waals surface area contributed by atoms with Crippen LogP contribution >= 0.6 is 11.6 Å². The number of hydrogen-bond donors (Lipinski definition) is 1. The molecule has 2 atom stereocenters. The highest BCUT2D eigenvalue weighted by Gasteiger charge is 2.34. The lowest BCUT2D eigenvalue weighted by molar-refractivity contribution is -0.126. The SMILES string of the molecule is O=C(NC[C@@H](c1ccccc1Cl)N1CCCC1)[C@@H]1CCCN(S(=O)(=O)c2ccc(F)cc2)C1. The number of nitrogens with one attached hydrogen (secondary N) is 1. The van der Waals surface area contributed by atoms with Crippen LogP contribution in [0, 0.1) is 11.7 Å². The molecular weight excluding hydrogens is 465 g/mol. The number of carbonyl (C=O) groups excluding carboxylic acids is 1. The standard InChI is InChI=1S/C24H29ClFN3O3S/c25-22-8-2-1-7-21(22)23(28-13-3-4-14-28)16-27-24(30)18-6-5-15-29(17-18)33(31,32)20-11-9-19(26)10-12-20/h1-2,7-12,18,23H,3-6,13-17H2,(H,27,30)/t18-,23+/m1/s1. The van der Waals surface area contributed by atoms with Crippen molar-refractivity contribution in [1.82, 2.24) is 14.5 Å². The maximum Gasteiger partial charge on any atom is 0.243 e. The van der Waals surface area contributed by atoms with E-state index in [-0.39, 0.29) is 23.4 Å². The third-order valence-corrected chi connectivity index (χ3v) is 8.75. The maximum absolute atomic E-state index is 13.2. The van der Waals surface area contributed by atoms with Crippen molar-refractivity contribution in [3.05, 3.63) is 64.9 Å². The summed E-state index contributed by atoms with van der Waals surface area (Å²) in [7, 11) is -3.78. The van der Waals surface area contributed by atoms with Gasteiger partial charge in [-0.3, -0.25) is 9.69 Å². The Morgan fingerprint density at radius 3 is 2.45 bits per heavy atom. The van der Waals surface area contributed by atoms with Gasteiger partial charge in [0.1, 0.15) is 5.82 Å². The van der Waals surface area contributed by atoms with Gasteiger partial charge in [0, 0.05) is 24.7 Å². The van der Waals surface area contributed by atoms with E-state index >= 15 is 0 Å². The number of sulfonamides is 1. The van der Waals surface area contributed by atoms with E-state index in [2.05, 4.69) is 10.2 Å². The first-order valence-electron chi connectivity index (χ1n) is 11.4. The molecule has 0 saturated carbocycles. The van der Waals surface area contributed by atoms with Gasteiger partial charge in [-0.25, -0.2) is 12.8 Å². The molecule has 0 bridgehead atoms. The highest BCUT2D eigenvalue weighted by atomic mass is 35.5. The first-order chi connectivity index (χ1) is 15.9. The molecule has 9 heteroatoms. The van der Waals surface area contributed by atoms with E-state index in [9.17, 15) is 17.6 Å². The van der Waals surface area contributed by atoms with Gasteiger partial charge in [-0.2, -0.15) is 4.31 Å². The Morgan fingerprint density at radius 2 is 1.76 bits per heavy atom. The number of nitrogens with zero attached hydrogens (tertiary/aromatic N) is 2. The van der Waals surface area contributed by atoms with E-state index in [1.54, 1.807) is 0 Å². The van der Waals surface area contributed by atoms with Crippen LogP contribution in [0.1, 0.15) is 37.3 Å². The van der Waals surface area contributed by atoms with Gasteiger partial charge in [-0.1, -0.05) is 29.8 Å². The van der Waals surface area contributed by atoms with Crippen molar-refractivity contribution >= 4 is 27.5 Å². The Labute approximate surface area is 199 Å². The minimum atomic E-state index is -3.78. The molecule has 2 aromatic carbocycles. The van der Waals surface area contributed by atoms with Gasteiger partial charge in [-0.05, 0) is 74.7 Å². The Bertz CT molecular complexity index is 1070. The largest absolute Gasteiger partial charge is 0.354 e. The fourth-order valence-electron chi connectivity index (χ4n) is 4.71. The molecule has 2 aliphatic heterocycles. The van der Waals surface area contributed by atoms with Gasteiger partial charge in [0.15, 0.2) is 0 Å². The number of amides is 1. The zero-order valence-corrected chi connectivity index (χ0v) is 20.0. The molecule has 33 heavy (non-hydrogen) atoms. The number of hydrogen-bond acceptors (Lipinski definition) is 4. The van der Waals surface area contributed by atoms with Crippen molar-refractivity contribution in [1.29, 1.82) is 0 Å². The van der Waals surface area contributed by atoms with Crippen LogP contribution in [0.3, 0.4) is 0 Å². The van der Waals surface area contributed by atoms with Gasteiger partial charge in [0.05, 0.1) is 16.9 Å². The van der Waals surface area contributed by atoms with Crippen LogP contribution in [0.5, 0.6) is 0 Å². The number of likely N-dealkylation sites (tertiary alicyclic amines) is 1. The molecule has 0 aliphatic carbocycles. The number of piperidine rings is 1. The highest BCUT2D eigenvalue weighted by molar-refractivity contribution is 7.89. The minimum Gasteiger partial charge on any atom is -0.354 e. The fourth-order valence-corrected chi connectivity index (χ4v) is 6.49. The van der Waals surface area contributed by atoms with E-state index < -0.39 is 21.8 Å². The molecule has 6 nitrogen and oxygen atoms in total. The molecule has 2 saturated heterocycles. The van der Waals surface area contributed by atoms with E-state index in [1.807, 2.05) is 24.3 Å². The second-order valence-corrected chi connectivity index (χ2v) is 11.0. The lowest BCUT2D eigenvalue weighted by Crippen LogP contribution is -2.46. The van der Waals surface area contributed by atoms with Gasteiger partial charge < -0.3 is 5.32 Å². The van der Waals surface area contributed by atoms with Crippen LogP contribution in [0.15, 0.2) is 53.4 Å². The van der Waals surface area contributed by atoms with Crippen molar-refractivity contribution < 1.29 is 17.6 Å². The zero-order chi connectivity index (χ0) is 23.4. The van der Waals surface area contributed by atoms with Crippen LogP contribution in [-0.2, 0) is 14.8 Å². The summed E-state index contributed by atoms with van der Waals surface area (Å²) in [5, 5.41) is 3.74. The summed E-state index contributed by atoms with van der Waals surface area (Å²) in [5.41, 5.74) is 0.991. The molecule has 0 spiro atoms. The van der Waals surface area contributed by atoms with Crippen molar-refractivity contribution in [3.63, 3.8) is 0 Å². The summed E-state index contributed by atoms with van der Waals surface area (Å²) in [4.78, 5) is 15.4. The monoisotopic (exact) mass is 493 g/mol. The van der Waals surface area contributed by atoms with Crippen LogP contribution in [0.2, 0.25) is 5.02 Å². The summed E-state index contributed by atoms with van der Waals surface area (Å²) in [5.74, 6) is -1.07. The second-order valence-electron chi connectivity index (χ2n) is 8.68. The Kier molecular flexibility index (Phi) is 7.69. The molecule has 4 rings (SSSR count). The van der Waals surface area contributed by atoms with Crippen molar-refractivity contribution in [2.75, 3.05) is 32.7 Å². The molecule has 2 heterocycles. The molecule has 2 aromatic rings. The smallest absolute Gasteiger partial charge is 0.243 e. The molecule has 0 unspecified atom stereocenters. The summed E-state index contributed by atoms with van der Waals surface area (Å²) in [6.45, 7) is 2.80. The summed E-state index contributed by atoms with van der Waals surface area (Å²) in [6.07, 6.45) is 3.46. The lowest BCUT2D eigenvalue weighted by Gasteiger charge is -2.33. The number of rotatable bonds is 7. The van der Waals surface area contributed by atoms with E-state index in [0.29, 0.717) is 31.0 Å². The average Bonchev–Trinajstić information content (AvgIpc) is 3.35. The predicted molar refractivity (Wildman–Crippen MR) is 126 cm³/mol. The quantitative estimate of drug-likeness (QED) is 0.636. The topological polar surface area (TPSA) is 69.7 Å². The Balaban J connectivity index is 1.43. The Hall–Kier alpha value is -2.00. The van der Waals surface area contributed by atoms with Crippen molar-refractivity contribution in [3.8, 4) is 0 Å². The van der Waals surface area contributed by atoms with Crippen LogP contribution in [-0.4, -0.2) is 56.3 Å². The van der Waals surface area contributed by atoms with Crippen molar-refractivity contribution in [2.24, 2.45) is 5.92 Å². The molecule has 1 N–H and O–H groups in total. The summed E-state index contributed by atoms with van der Waals surface area (Å²) in [6, 6.07) is 12.5. The van der Waals surface area contributed by atoms with Gasteiger partial charge >= 0.3 is 0 Å². The summed E-state index contributed by atoms with van der Waals surface area (Å²) >= 11 is 6.46. The first-order valence-corrected chi connectivity index (χ1v) is 13.2. The lowest BCUT2D eigenvalue weighted by atomic mass is 9.98. The van der Waals surface area contributed by atoms with Crippen LogP contribution in [0.25, 0.3) is 0 Å². The number of halogens is 2. The first kappa shape index (κ1) is 24.1. The number of benzene rings is 2. The van der Waals surface area contributed by atoms with Crippen LogP contribution in [0.4, 0.5) is 4.39 Å². The van der Waals surface area contributed by atoms with Gasteiger partial charge in [-0.15, -0.1) is 0 Å². The zero-order valence-electron chi connectivity index (χ0n) is 18.4. The molecule has 0 aromatic heterocycles. The normalized spacial score (nSPS) is 21.1. The van der Waals surface area contributed by atoms with Crippen LogP contribution < -0.4 is 5.32 Å². The second kappa shape index (κ2) is 10.5. The van der Waals surface area contributed by atoms with Crippen molar-refractivity contribution in [2.45, 2.75) is 36.6 Å². The molecule has 0 radical (unpaired) electrons. The molecular formula is C24H29ClFN3O3S. The molecule has 2 aliphatic rings. The molecule has 178 valence electrons. The third kappa shape index (κ3) is 5.57. The van der Waals surface area contributed by atoms with E-state index in [0.717, 1.165) is 43.6 Å². The third-order valence-electron chi connectivity index (χ3n) is 6.52. The molecule has 1 amide bonds. The number of carbonyl (C=O) groups is 1. The predicted octanol–water partition coefficient (Wildman–Crippen LogP) is 3.83. The fraction of sp³-hybridized carbons (Fsp3) is 0.458.